The van der Waals surface area contributed by atoms with Crippen molar-refractivity contribution < 1.29 is 18.4 Å². The van der Waals surface area contributed by atoms with Gasteiger partial charge in [-0.2, -0.15) is 0 Å². The number of hydrogen-bond acceptors (Lipinski definition) is 4. The first kappa shape index (κ1) is 21.6. The Morgan fingerprint density at radius 1 is 1.16 bits per heavy atom. The van der Waals surface area contributed by atoms with Gasteiger partial charge in [0.25, 0.3) is 11.8 Å². The van der Waals surface area contributed by atoms with E-state index < -0.39 is 0 Å². The Bertz CT molecular complexity index is 1110. The molecular weight excluding hydrogens is 409 g/mol. The van der Waals surface area contributed by atoms with Crippen molar-refractivity contribution in [2.75, 3.05) is 29.9 Å². The van der Waals surface area contributed by atoms with Crippen molar-refractivity contribution in [3.8, 4) is 0 Å². The van der Waals surface area contributed by atoms with Crippen molar-refractivity contribution in [2.24, 2.45) is 0 Å². The SMILES string of the molecule is Cc1ccc(F)c(N2CCCC(NC(=O)c3ccccc3N(C)C(=O)c3ccco3)C2)c1. The molecule has 166 valence electrons. The molecule has 3 aromatic rings. The topological polar surface area (TPSA) is 65.8 Å². The number of rotatable bonds is 5. The van der Waals surface area contributed by atoms with Crippen LogP contribution in [0.25, 0.3) is 0 Å². The molecule has 1 N–H and O–H groups in total. The Morgan fingerprint density at radius 2 is 1.97 bits per heavy atom. The molecule has 0 saturated carbocycles. The van der Waals surface area contributed by atoms with E-state index in [0.717, 1.165) is 24.9 Å². The second kappa shape index (κ2) is 9.26. The molecule has 1 aliphatic rings. The molecule has 0 aliphatic carbocycles. The summed E-state index contributed by atoms with van der Waals surface area (Å²) in [5.41, 5.74) is 2.44. The molecule has 1 aliphatic heterocycles. The Hall–Kier alpha value is -3.61. The number of benzene rings is 2. The zero-order chi connectivity index (χ0) is 22.7. The quantitative estimate of drug-likeness (QED) is 0.645. The van der Waals surface area contributed by atoms with E-state index in [1.807, 2.05) is 17.9 Å². The lowest BCUT2D eigenvalue weighted by molar-refractivity contribution is 0.0933. The normalized spacial score (nSPS) is 16.0. The van der Waals surface area contributed by atoms with Gasteiger partial charge in [-0.15, -0.1) is 0 Å². The van der Waals surface area contributed by atoms with Crippen molar-refractivity contribution in [3.05, 3.63) is 83.6 Å². The standard InChI is InChI=1S/C25H26FN3O3/c1-17-11-12-20(26)22(15-17)29-13-5-7-18(16-29)27-24(30)19-8-3-4-9-21(19)28(2)25(31)23-10-6-14-32-23/h3-4,6,8-12,14-15,18H,5,7,13,16H2,1-2H3,(H,27,30). The summed E-state index contributed by atoms with van der Waals surface area (Å²) in [5, 5.41) is 3.07. The van der Waals surface area contributed by atoms with Gasteiger partial charge in [0.15, 0.2) is 5.76 Å². The lowest BCUT2D eigenvalue weighted by atomic mass is 10.0. The van der Waals surface area contributed by atoms with Crippen LogP contribution >= 0.6 is 0 Å². The second-order valence-corrected chi connectivity index (χ2v) is 8.07. The van der Waals surface area contributed by atoms with Gasteiger partial charge < -0.3 is 19.5 Å². The van der Waals surface area contributed by atoms with Crippen LogP contribution in [0.4, 0.5) is 15.8 Å². The number of piperidine rings is 1. The van der Waals surface area contributed by atoms with Crippen molar-refractivity contribution in [1.82, 2.24) is 5.32 Å². The molecule has 0 radical (unpaired) electrons. The van der Waals surface area contributed by atoms with Gasteiger partial charge in [-0.1, -0.05) is 18.2 Å². The molecule has 7 heteroatoms. The van der Waals surface area contributed by atoms with Crippen LogP contribution in [0.3, 0.4) is 0 Å². The highest BCUT2D eigenvalue weighted by Gasteiger charge is 2.26. The second-order valence-electron chi connectivity index (χ2n) is 8.07. The van der Waals surface area contributed by atoms with Crippen molar-refractivity contribution in [3.63, 3.8) is 0 Å². The van der Waals surface area contributed by atoms with Crippen LogP contribution in [0.1, 0.15) is 39.3 Å². The van der Waals surface area contributed by atoms with Crippen molar-refractivity contribution >= 4 is 23.2 Å². The maximum Gasteiger partial charge on any atom is 0.293 e. The van der Waals surface area contributed by atoms with Gasteiger partial charge in [0, 0.05) is 26.2 Å². The minimum atomic E-state index is -0.339. The van der Waals surface area contributed by atoms with E-state index in [2.05, 4.69) is 5.32 Å². The molecule has 2 heterocycles. The van der Waals surface area contributed by atoms with Crippen LogP contribution in [-0.4, -0.2) is 38.0 Å². The van der Waals surface area contributed by atoms with Gasteiger partial charge in [0.2, 0.25) is 0 Å². The van der Waals surface area contributed by atoms with E-state index in [0.29, 0.717) is 23.5 Å². The summed E-state index contributed by atoms with van der Waals surface area (Å²) in [7, 11) is 1.61. The predicted octanol–water partition coefficient (Wildman–Crippen LogP) is 4.40. The number of para-hydroxylation sites is 1. The third-order valence-electron chi connectivity index (χ3n) is 5.75. The number of carbonyl (C=O) groups excluding carboxylic acids is 2. The molecule has 2 aromatic carbocycles. The van der Waals surface area contributed by atoms with Crippen LogP contribution in [-0.2, 0) is 0 Å². The van der Waals surface area contributed by atoms with E-state index in [9.17, 15) is 14.0 Å². The van der Waals surface area contributed by atoms with Gasteiger partial charge in [0.05, 0.1) is 23.2 Å². The molecule has 1 aromatic heterocycles. The van der Waals surface area contributed by atoms with E-state index in [4.69, 9.17) is 4.42 Å². The number of nitrogens with one attached hydrogen (secondary N) is 1. The lowest BCUT2D eigenvalue weighted by Gasteiger charge is -2.35. The zero-order valence-electron chi connectivity index (χ0n) is 18.2. The van der Waals surface area contributed by atoms with Gasteiger partial charge in [-0.3, -0.25) is 9.59 Å². The predicted molar refractivity (Wildman–Crippen MR) is 122 cm³/mol. The molecule has 0 bridgehead atoms. The first-order chi connectivity index (χ1) is 15.4. The third-order valence-corrected chi connectivity index (χ3v) is 5.75. The van der Waals surface area contributed by atoms with Crippen LogP contribution in [0.15, 0.2) is 65.3 Å². The average molecular weight is 435 g/mol. The van der Waals surface area contributed by atoms with Gasteiger partial charge in [0.1, 0.15) is 5.82 Å². The number of halogens is 1. The summed E-state index contributed by atoms with van der Waals surface area (Å²) in [6.45, 7) is 3.20. The summed E-state index contributed by atoms with van der Waals surface area (Å²) in [6, 6.07) is 15.1. The molecule has 2 amide bonds. The molecule has 32 heavy (non-hydrogen) atoms. The summed E-state index contributed by atoms with van der Waals surface area (Å²) in [5.74, 6) is -0.665. The Morgan fingerprint density at radius 3 is 2.75 bits per heavy atom. The fraction of sp³-hybridized carbons (Fsp3) is 0.280. The van der Waals surface area contributed by atoms with Crippen LogP contribution in [0.5, 0.6) is 0 Å². The molecule has 6 nitrogen and oxygen atoms in total. The number of nitrogens with zero attached hydrogens (tertiary/aromatic N) is 2. The smallest absolute Gasteiger partial charge is 0.293 e. The van der Waals surface area contributed by atoms with E-state index >= 15 is 0 Å². The van der Waals surface area contributed by atoms with E-state index in [1.54, 1.807) is 49.5 Å². The van der Waals surface area contributed by atoms with E-state index in [1.165, 1.54) is 17.2 Å². The fourth-order valence-electron chi connectivity index (χ4n) is 4.08. The molecule has 0 spiro atoms. The summed E-state index contributed by atoms with van der Waals surface area (Å²) < 4.78 is 19.6. The molecular formula is C25H26FN3O3. The molecule has 1 saturated heterocycles. The number of furan rings is 1. The lowest BCUT2D eigenvalue weighted by Crippen LogP contribution is -2.48. The zero-order valence-corrected chi connectivity index (χ0v) is 18.2. The van der Waals surface area contributed by atoms with Crippen LogP contribution in [0, 0.1) is 12.7 Å². The van der Waals surface area contributed by atoms with Gasteiger partial charge >= 0.3 is 0 Å². The van der Waals surface area contributed by atoms with E-state index in [-0.39, 0.29) is 29.4 Å². The summed E-state index contributed by atoms with van der Waals surface area (Å²) in [6.07, 6.45) is 3.08. The Labute approximate surface area is 186 Å². The number of carbonyl (C=O) groups is 2. The van der Waals surface area contributed by atoms with Crippen LogP contribution < -0.4 is 15.1 Å². The molecule has 4 rings (SSSR count). The molecule has 1 fully saturated rings. The first-order valence-corrected chi connectivity index (χ1v) is 10.7. The van der Waals surface area contributed by atoms with Crippen molar-refractivity contribution in [2.45, 2.75) is 25.8 Å². The Kier molecular flexibility index (Phi) is 6.25. The average Bonchev–Trinajstić information content (AvgIpc) is 3.35. The number of aryl methyl sites for hydroxylation is 1. The third kappa shape index (κ3) is 4.51. The van der Waals surface area contributed by atoms with Crippen molar-refractivity contribution in [1.29, 1.82) is 0 Å². The minimum Gasteiger partial charge on any atom is -0.459 e. The highest BCUT2D eigenvalue weighted by molar-refractivity contribution is 6.09. The summed E-state index contributed by atoms with van der Waals surface area (Å²) in [4.78, 5) is 29.2. The largest absolute Gasteiger partial charge is 0.459 e. The number of anilines is 2. The summed E-state index contributed by atoms with van der Waals surface area (Å²) >= 11 is 0. The monoisotopic (exact) mass is 435 g/mol. The minimum absolute atomic E-state index is 0.129. The maximum atomic E-state index is 14.4. The number of amides is 2. The highest BCUT2D eigenvalue weighted by Crippen LogP contribution is 2.26. The van der Waals surface area contributed by atoms with Gasteiger partial charge in [-0.25, -0.2) is 4.39 Å². The fourth-order valence-corrected chi connectivity index (χ4v) is 4.08. The number of hydrogen-bond donors (Lipinski definition) is 1. The van der Waals surface area contributed by atoms with Crippen LogP contribution in [0.2, 0.25) is 0 Å². The molecule has 1 atom stereocenters. The molecule has 1 unspecified atom stereocenters. The Balaban J connectivity index is 1.49. The van der Waals surface area contributed by atoms with Gasteiger partial charge in [-0.05, 0) is 61.7 Å². The highest BCUT2D eigenvalue weighted by atomic mass is 19.1. The maximum absolute atomic E-state index is 14.4. The first-order valence-electron chi connectivity index (χ1n) is 10.7.